The molecular formula is C28H20N4OS2. The standard InChI is InChI=1S/C28H20N4OS2/c1-16-6-8-18(9-7-16)22-13-12-21-24(29)25(35-27(21)30-22)26(33)32-28-31-23(15-34-28)20-11-10-17-4-2-3-5-19(17)14-20/h2-15H,29H2,1H3,(H,31,32,33). The quantitative estimate of drug-likeness (QED) is 0.269. The lowest BCUT2D eigenvalue weighted by molar-refractivity contribution is 0.103. The first kappa shape index (κ1) is 21.5. The lowest BCUT2D eigenvalue weighted by Gasteiger charge is -2.02. The minimum absolute atomic E-state index is 0.276. The molecule has 3 N–H and O–H groups in total. The summed E-state index contributed by atoms with van der Waals surface area (Å²) in [5, 5.41) is 8.51. The van der Waals surface area contributed by atoms with Crippen LogP contribution in [0.1, 0.15) is 15.2 Å². The molecule has 3 aromatic carbocycles. The van der Waals surface area contributed by atoms with Crippen LogP contribution in [0.5, 0.6) is 0 Å². The van der Waals surface area contributed by atoms with E-state index in [0.717, 1.165) is 38.1 Å². The van der Waals surface area contributed by atoms with Crippen molar-refractivity contribution in [3.05, 3.63) is 94.7 Å². The van der Waals surface area contributed by atoms with Crippen molar-refractivity contribution in [3.63, 3.8) is 0 Å². The van der Waals surface area contributed by atoms with Gasteiger partial charge < -0.3 is 5.73 Å². The number of thiazole rings is 1. The summed E-state index contributed by atoms with van der Waals surface area (Å²) in [5.74, 6) is -0.276. The monoisotopic (exact) mass is 492 g/mol. The molecule has 0 aliphatic heterocycles. The highest BCUT2D eigenvalue weighted by Crippen LogP contribution is 2.35. The summed E-state index contributed by atoms with van der Waals surface area (Å²) in [4.78, 5) is 23.6. The van der Waals surface area contributed by atoms with E-state index in [4.69, 9.17) is 10.7 Å². The van der Waals surface area contributed by atoms with Gasteiger partial charge in [-0.1, -0.05) is 66.2 Å². The fraction of sp³-hybridized carbons (Fsp3) is 0.0357. The third-order valence-electron chi connectivity index (χ3n) is 5.92. The molecule has 3 heterocycles. The van der Waals surface area contributed by atoms with Crippen molar-refractivity contribution in [2.24, 2.45) is 0 Å². The zero-order valence-corrected chi connectivity index (χ0v) is 20.4. The van der Waals surface area contributed by atoms with E-state index in [9.17, 15) is 4.79 Å². The van der Waals surface area contributed by atoms with Crippen molar-refractivity contribution in [2.75, 3.05) is 11.1 Å². The van der Waals surface area contributed by atoms with Gasteiger partial charge in [-0.3, -0.25) is 10.1 Å². The number of amides is 1. The van der Waals surface area contributed by atoms with E-state index >= 15 is 0 Å². The number of thiophene rings is 1. The Morgan fingerprint density at radius 1 is 0.857 bits per heavy atom. The predicted octanol–water partition coefficient (Wildman–Crippen LogP) is 7.38. The fourth-order valence-electron chi connectivity index (χ4n) is 4.02. The molecule has 0 saturated heterocycles. The van der Waals surface area contributed by atoms with Crippen molar-refractivity contribution in [2.45, 2.75) is 6.92 Å². The summed E-state index contributed by atoms with van der Waals surface area (Å²) in [6.07, 6.45) is 0. The number of pyridine rings is 1. The van der Waals surface area contributed by atoms with Gasteiger partial charge >= 0.3 is 0 Å². The molecule has 0 saturated carbocycles. The second-order valence-corrected chi connectivity index (χ2v) is 10.2. The molecule has 6 aromatic rings. The highest BCUT2D eigenvalue weighted by molar-refractivity contribution is 7.21. The molecule has 0 unspecified atom stereocenters. The van der Waals surface area contributed by atoms with Crippen molar-refractivity contribution < 1.29 is 4.79 Å². The molecule has 0 atom stereocenters. The van der Waals surface area contributed by atoms with Gasteiger partial charge in [0.05, 0.1) is 17.1 Å². The number of aryl methyl sites for hydroxylation is 1. The Morgan fingerprint density at radius 2 is 1.63 bits per heavy atom. The van der Waals surface area contributed by atoms with Crippen molar-refractivity contribution in [1.29, 1.82) is 0 Å². The van der Waals surface area contributed by atoms with Gasteiger partial charge in [-0.15, -0.1) is 22.7 Å². The second kappa shape index (κ2) is 8.61. The zero-order chi connectivity index (χ0) is 23.9. The van der Waals surface area contributed by atoms with E-state index in [0.29, 0.717) is 15.7 Å². The average Bonchev–Trinajstić information content (AvgIpc) is 3.48. The summed E-state index contributed by atoms with van der Waals surface area (Å²) in [6, 6.07) is 26.5. The fourth-order valence-corrected chi connectivity index (χ4v) is 5.72. The lowest BCUT2D eigenvalue weighted by Crippen LogP contribution is -2.11. The van der Waals surface area contributed by atoms with Crippen LogP contribution in [0.3, 0.4) is 0 Å². The number of nitrogen functional groups attached to an aromatic ring is 1. The molecule has 6 rings (SSSR count). The number of hydrogen-bond acceptors (Lipinski definition) is 6. The molecule has 0 spiro atoms. The van der Waals surface area contributed by atoms with Gasteiger partial charge in [0.25, 0.3) is 5.91 Å². The molecule has 0 fully saturated rings. The largest absolute Gasteiger partial charge is 0.397 e. The molecular weight excluding hydrogens is 472 g/mol. The normalized spacial score (nSPS) is 11.2. The third-order valence-corrected chi connectivity index (χ3v) is 7.79. The van der Waals surface area contributed by atoms with Crippen LogP contribution in [-0.2, 0) is 0 Å². The van der Waals surface area contributed by atoms with Gasteiger partial charge in [-0.05, 0) is 35.9 Å². The predicted molar refractivity (Wildman–Crippen MR) is 147 cm³/mol. The van der Waals surface area contributed by atoms with E-state index in [2.05, 4.69) is 53.6 Å². The van der Waals surface area contributed by atoms with Crippen LogP contribution in [0.25, 0.3) is 43.5 Å². The van der Waals surface area contributed by atoms with E-state index in [1.165, 1.54) is 33.6 Å². The average molecular weight is 493 g/mol. The number of anilines is 2. The van der Waals surface area contributed by atoms with Crippen LogP contribution in [-0.4, -0.2) is 15.9 Å². The Kier molecular flexibility index (Phi) is 5.28. The molecule has 3 aromatic heterocycles. The van der Waals surface area contributed by atoms with E-state index in [-0.39, 0.29) is 5.91 Å². The number of rotatable bonds is 4. The third kappa shape index (κ3) is 4.05. The van der Waals surface area contributed by atoms with Crippen LogP contribution in [0.4, 0.5) is 10.8 Å². The molecule has 5 nitrogen and oxygen atoms in total. The maximum absolute atomic E-state index is 13.1. The van der Waals surface area contributed by atoms with Crippen molar-refractivity contribution in [1.82, 2.24) is 9.97 Å². The van der Waals surface area contributed by atoms with Crippen LogP contribution >= 0.6 is 22.7 Å². The minimum atomic E-state index is -0.276. The summed E-state index contributed by atoms with van der Waals surface area (Å²) in [6.45, 7) is 2.05. The zero-order valence-electron chi connectivity index (χ0n) is 18.8. The first-order valence-corrected chi connectivity index (χ1v) is 12.8. The smallest absolute Gasteiger partial charge is 0.269 e. The van der Waals surface area contributed by atoms with Gasteiger partial charge in [0.15, 0.2) is 5.13 Å². The highest BCUT2D eigenvalue weighted by Gasteiger charge is 2.19. The summed E-state index contributed by atoms with van der Waals surface area (Å²) in [5.41, 5.74) is 11.7. The van der Waals surface area contributed by atoms with Gasteiger partial charge in [-0.2, -0.15) is 0 Å². The topological polar surface area (TPSA) is 80.9 Å². The van der Waals surface area contributed by atoms with Crippen LogP contribution in [0, 0.1) is 6.92 Å². The first-order valence-electron chi connectivity index (χ1n) is 11.1. The Bertz CT molecular complexity index is 1720. The number of nitrogens with two attached hydrogens (primary N) is 1. The maximum atomic E-state index is 13.1. The summed E-state index contributed by atoms with van der Waals surface area (Å²) >= 11 is 2.69. The first-order chi connectivity index (χ1) is 17.0. The number of aromatic nitrogens is 2. The lowest BCUT2D eigenvalue weighted by atomic mass is 10.1. The van der Waals surface area contributed by atoms with Gasteiger partial charge in [0, 0.05) is 21.9 Å². The number of benzene rings is 3. The molecule has 0 radical (unpaired) electrons. The Labute approximate surface area is 209 Å². The van der Waals surface area contributed by atoms with Crippen molar-refractivity contribution >= 4 is 60.4 Å². The van der Waals surface area contributed by atoms with E-state index < -0.39 is 0 Å². The molecule has 0 aliphatic rings. The van der Waals surface area contributed by atoms with Crippen LogP contribution in [0.15, 0.2) is 84.2 Å². The molecule has 0 aliphatic carbocycles. The maximum Gasteiger partial charge on any atom is 0.269 e. The molecule has 170 valence electrons. The summed E-state index contributed by atoms with van der Waals surface area (Å²) < 4.78 is 0. The van der Waals surface area contributed by atoms with Gasteiger partial charge in [-0.25, -0.2) is 9.97 Å². The number of nitrogens with zero attached hydrogens (tertiary/aromatic N) is 2. The van der Waals surface area contributed by atoms with E-state index in [1.807, 2.05) is 47.8 Å². The number of hydrogen-bond donors (Lipinski definition) is 2. The van der Waals surface area contributed by atoms with E-state index in [1.54, 1.807) is 0 Å². The SMILES string of the molecule is Cc1ccc(-c2ccc3c(N)c(C(=O)Nc4nc(-c5ccc6ccccc6c5)cs4)sc3n2)cc1. The summed E-state index contributed by atoms with van der Waals surface area (Å²) in [7, 11) is 0. The number of fused-ring (bicyclic) bond motifs is 2. The van der Waals surface area contributed by atoms with Crippen LogP contribution in [0.2, 0.25) is 0 Å². The van der Waals surface area contributed by atoms with Gasteiger partial charge in [0.1, 0.15) is 9.71 Å². The Balaban J connectivity index is 1.26. The highest BCUT2D eigenvalue weighted by atomic mass is 32.1. The van der Waals surface area contributed by atoms with Crippen LogP contribution < -0.4 is 11.1 Å². The second-order valence-electron chi connectivity index (χ2n) is 8.31. The Morgan fingerprint density at radius 3 is 2.46 bits per heavy atom. The number of nitrogens with one attached hydrogen (secondary N) is 1. The van der Waals surface area contributed by atoms with Gasteiger partial charge in [0.2, 0.25) is 0 Å². The number of carbonyl (C=O) groups excluding carboxylic acids is 1. The molecule has 0 bridgehead atoms. The molecule has 35 heavy (non-hydrogen) atoms. The minimum Gasteiger partial charge on any atom is -0.397 e. The molecule has 7 heteroatoms. The Hall–Kier alpha value is -4.07. The molecule has 1 amide bonds. The number of carbonyl (C=O) groups is 1. The van der Waals surface area contributed by atoms with Crippen molar-refractivity contribution in [3.8, 4) is 22.5 Å².